The Labute approximate surface area is 124 Å². The molecule has 1 fully saturated rings. The van der Waals surface area contributed by atoms with Crippen LogP contribution in [0.1, 0.15) is 18.9 Å². The van der Waals surface area contributed by atoms with Crippen molar-refractivity contribution in [2.24, 2.45) is 0 Å². The number of thioether (sulfide) groups is 1. The normalized spacial score (nSPS) is 14.2. The average molecular weight is 309 g/mol. The fraction of sp³-hybridized carbons (Fsp3) is 0.286. The van der Waals surface area contributed by atoms with E-state index in [1.165, 1.54) is 17.8 Å². The number of carbonyl (C=O) groups is 1. The average Bonchev–Trinajstić information content (AvgIpc) is 3.19. The van der Waals surface area contributed by atoms with Crippen molar-refractivity contribution < 1.29 is 13.6 Å². The van der Waals surface area contributed by atoms with Crippen LogP contribution in [0.15, 0.2) is 35.7 Å². The minimum atomic E-state index is -0.982. The molecule has 0 atom stereocenters. The first-order valence-corrected chi connectivity index (χ1v) is 7.52. The third-order valence-corrected chi connectivity index (χ3v) is 4.09. The summed E-state index contributed by atoms with van der Waals surface area (Å²) in [6.45, 7) is 0. The number of hydrogen-bond acceptors (Lipinski definition) is 3. The van der Waals surface area contributed by atoms with E-state index in [0.717, 1.165) is 30.1 Å². The number of amides is 1. The number of benzene rings is 1. The van der Waals surface area contributed by atoms with Gasteiger partial charge in [-0.2, -0.15) is 0 Å². The van der Waals surface area contributed by atoms with Crippen molar-refractivity contribution in [3.05, 3.63) is 42.2 Å². The summed E-state index contributed by atoms with van der Waals surface area (Å²) in [7, 11) is 0. The molecule has 4 nitrogen and oxygen atoms in total. The summed E-state index contributed by atoms with van der Waals surface area (Å²) in [4.78, 5) is 16.0. The molecule has 0 spiro atoms. The number of nitrogens with one attached hydrogen (secondary N) is 1. The number of aromatic nitrogens is 2. The third-order valence-electron chi connectivity index (χ3n) is 3.11. The van der Waals surface area contributed by atoms with Crippen molar-refractivity contribution in [3.63, 3.8) is 0 Å². The first kappa shape index (κ1) is 14.1. The second kappa shape index (κ2) is 5.85. The lowest BCUT2D eigenvalue weighted by atomic mass is 10.3. The van der Waals surface area contributed by atoms with Crippen LogP contribution in [0.2, 0.25) is 0 Å². The van der Waals surface area contributed by atoms with Gasteiger partial charge in [-0.25, -0.2) is 13.8 Å². The quantitative estimate of drug-likeness (QED) is 0.863. The van der Waals surface area contributed by atoms with Crippen LogP contribution < -0.4 is 5.32 Å². The van der Waals surface area contributed by atoms with Crippen molar-refractivity contribution in [2.75, 3.05) is 11.1 Å². The molecule has 0 saturated heterocycles. The fourth-order valence-corrected chi connectivity index (χ4v) is 2.77. The summed E-state index contributed by atoms with van der Waals surface area (Å²) in [5, 5.41) is 3.34. The van der Waals surface area contributed by atoms with Crippen molar-refractivity contribution in [3.8, 4) is 0 Å². The van der Waals surface area contributed by atoms with Gasteiger partial charge in [0, 0.05) is 30.2 Å². The van der Waals surface area contributed by atoms with Crippen molar-refractivity contribution in [1.82, 2.24) is 9.55 Å². The maximum atomic E-state index is 13.0. The van der Waals surface area contributed by atoms with E-state index >= 15 is 0 Å². The molecule has 7 heteroatoms. The summed E-state index contributed by atoms with van der Waals surface area (Å²) >= 11 is 1.33. The van der Waals surface area contributed by atoms with Gasteiger partial charge >= 0.3 is 0 Å². The third kappa shape index (κ3) is 3.41. The molecule has 2 aromatic rings. The predicted octanol–water partition coefficient (Wildman–Crippen LogP) is 3.23. The minimum absolute atomic E-state index is 0.169. The Morgan fingerprint density at radius 3 is 2.90 bits per heavy atom. The minimum Gasteiger partial charge on any atom is -0.325 e. The topological polar surface area (TPSA) is 46.9 Å². The van der Waals surface area contributed by atoms with E-state index in [4.69, 9.17) is 0 Å². The zero-order chi connectivity index (χ0) is 14.8. The van der Waals surface area contributed by atoms with Crippen LogP contribution in [0.3, 0.4) is 0 Å². The van der Waals surface area contributed by atoms with Crippen LogP contribution in [0.4, 0.5) is 14.5 Å². The van der Waals surface area contributed by atoms with E-state index in [-0.39, 0.29) is 17.3 Å². The first-order valence-electron chi connectivity index (χ1n) is 6.54. The molecule has 1 aliphatic carbocycles. The Balaban J connectivity index is 1.56. The zero-order valence-electron chi connectivity index (χ0n) is 11.1. The molecule has 0 bridgehead atoms. The monoisotopic (exact) mass is 309 g/mol. The number of anilines is 1. The SMILES string of the molecule is O=C(CSc1nccn1C1CC1)Nc1ccc(F)c(F)c1. The lowest BCUT2D eigenvalue weighted by Crippen LogP contribution is -2.14. The highest BCUT2D eigenvalue weighted by Crippen LogP contribution is 2.37. The first-order chi connectivity index (χ1) is 10.1. The molecule has 1 aromatic carbocycles. The van der Waals surface area contributed by atoms with E-state index in [1.54, 1.807) is 6.20 Å². The lowest BCUT2D eigenvalue weighted by molar-refractivity contribution is -0.113. The maximum Gasteiger partial charge on any atom is 0.234 e. The number of carbonyl (C=O) groups excluding carboxylic acids is 1. The van der Waals surface area contributed by atoms with Gasteiger partial charge in [0.1, 0.15) is 0 Å². The van der Waals surface area contributed by atoms with Gasteiger partial charge in [-0.05, 0) is 25.0 Å². The van der Waals surface area contributed by atoms with Crippen LogP contribution in [0, 0.1) is 11.6 Å². The van der Waals surface area contributed by atoms with Crippen LogP contribution >= 0.6 is 11.8 Å². The van der Waals surface area contributed by atoms with Crippen LogP contribution in [0.25, 0.3) is 0 Å². The van der Waals surface area contributed by atoms with Crippen LogP contribution in [-0.4, -0.2) is 21.2 Å². The number of halogens is 2. The van der Waals surface area contributed by atoms with E-state index < -0.39 is 11.6 Å². The number of rotatable bonds is 5. The molecule has 0 aliphatic heterocycles. The molecule has 1 N–H and O–H groups in total. The van der Waals surface area contributed by atoms with Gasteiger partial charge < -0.3 is 9.88 Å². The molecular formula is C14H13F2N3OS. The molecule has 1 aliphatic rings. The highest BCUT2D eigenvalue weighted by atomic mass is 32.2. The Morgan fingerprint density at radius 2 is 2.19 bits per heavy atom. The molecule has 110 valence electrons. The molecule has 1 heterocycles. The molecular weight excluding hydrogens is 296 g/mol. The Hall–Kier alpha value is -1.89. The van der Waals surface area contributed by atoms with Gasteiger partial charge in [0.2, 0.25) is 5.91 Å². The van der Waals surface area contributed by atoms with Gasteiger partial charge in [-0.1, -0.05) is 11.8 Å². The summed E-state index contributed by atoms with van der Waals surface area (Å²) in [6.07, 6.45) is 5.91. The standard InChI is InChI=1S/C14H13F2N3OS/c15-11-4-1-9(7-12(11)16)18-13(20)8-21-14-17-5-6-19(14)10-2-3-10/h1,4-7,10H,2-3,8H2,(H,18,20). The van der Waals surface area contributed by atoms with E-state index in [9.17, 15) is 13.6 Å². The van der Waals surface area contributed by atoms with E-state index in [2.05, 4.69) is 14.9 Å². The van der Waals surface area contributed by atoms with E-state index in [1.807, 2.05) is 6.20 Å². The molecule has 1 saturated carbocycles. The smallest absolute Gasteiger partial charge is 0.234 e. The summed E-state index contributed by atoms with van der Waals surface area (Å²) in [5.41, 5.74) is 0.241. The van der Waals surface area contributed by atoms with Gasteiger partial charge in [0.25, 0.3) is 0 Å². The molecule has 3 rings (SSSR count). The van der Waals surface area contributed by atoms with Crippen molar-refractivity contribution in [2.45, 2.75) is 24.0 Å². The van der Waals surface area contributed by atoms with Crippen LogP contribution in [0.5, 0.6) is 0 Å². The molecule has 21 heavy (non-hydrogen) atoms. The largest absolute Gasteiger partial charge is 0.325 e. The zero-order valence-corrected chi connectivity index (χ0v) is 11.9. The number of hydrogen-bond donors (Lipinski definition) is 1. The summed E-state index contributed by atoms with van der Waals surface area (Å²) in [6, 6.07) is 3.77. The van der Waals surface area contributed by atoms with Gasteiger partial charge in [-0.3, -0.25) is 4.79 Å². The Kier molecular flexibility index (Phi) is 3.92. The molecule has 0 unspecified atom stereocenters. The predicted molar refractivity (Wildman–Crippen MR) is 76.2 cm³/mol. The number of nitrogens with zero attached hydrogens (tertiary/aromatic N) is 2. The molecule has 0 radical (unpaired) electrons. The highest BCUT2D eigenvalue weighted by molar-refractivity contribution is 7.99. The van der Waals surface area contributed by atoms with E-state index in [0.29, 0.717) is 6.04 Å². The maximum absolute atomic E-state index is 13.0. The van der Waals surface area contributed by atoms with Crippen LogP contribution in [-0.2, 0) is 4.79 Å². The Bertz CT molecular complexity index is 670. The summed E-state index contributed by atoms with van der Waals surface area (Å²) in [5.74, 6) is -2.03. The van der Waals surface area contributed by atoms with Crippen molar-refractivity contribution in [1.29, 1.82) is 0 Å². The highest BCUT2D eigenvalue weighted by Gasteiger charge is 2.25. The van der Waals surface area contributed by atoms with Crippen molar-refractivity contribution >= 4 is 23.4 Å². The van der Waals surface area contributed by atoms with Gasteiger partial charge in [-0.15, -0.1) is 0 Å². The lowest BCUT2D eigenvalue weighted by Gasteiger charge is -2.07. The molecule has 1 amide bonds. The van der Waals surface area contributed by atoms with Gasteiger partial charge in [0.05, 0.1) is 5.75 Å². The second-order valence-corrected chi connectivity index (χ2v) is 5.76. The van der Waals surface area contributed by atoms with Gasteiger partial charge in [0.15, 0.2) is 16.8 Å². The fourth-order valence-electron chi connectivity index (χ4n) is 1.94. The number of imidazole rings is 1. The molecule has 1 aromatic heterocycles. The second-order valence-electron chi connectivity index (χ2n) is 4.81. The Morgan fingerprint density at radius 1 is 1.38 bits per heavy atom. The summed E-state index contributed by atoms with van der Waals surface area (Å²) < 4.78 is 27.9.